The summed E-state index contributed by atoms with van der Waals surface area (Å²) in [5, 5.41) is 13.0. The van der Waals surface area contributed by atoms with Gasteiger partial charge in [-0.2, -0.15) is 5.10 Å². The Bertz CT molecular complexity index is 675. The van der Waals surface area contributed by atoms with Crippen molar-refractivity contribution in [3.63, 3.8) is 0 Å². The maximum absolute atomic E-state index is 12.1. The van der Waals surface area contributed by atoms with E-state index in [0.29, 0.717) is 15.6 Å². The molecule has 104 valence electrons. The Morgan fingerprint density at radius 1 is 1.53 bits per heavy atom. The lowest BCUT2D eigenvalue weighted by Crippen LogP contribution is -2.24. The van der Waals surface area contributed by atoms with Gasteiger partial charge in [0.25, 0.3) is 0 Å². The maximum Gasteiger partial charge on any atom is 0.242 e. The molecule has 2 heterocycles. The van der Waals surface area contributed by atoms with E-state index in [0.717, 1.165) is 0 Å². The molecule has 0 fully saturated rings. The zero-order chi connectivity index (χ0) is 14.0. The number of aromatic nitrogens is 3. The minimum Gasteiger partial charge on any atom is -0.391 e. The molecule has 0 atom stereocenters. The van der Waals surface area contributed by atoms with Gasteiger partial charge < -0.3 is 5.11 Å². The van der Waals surface area contributed by atoms with Gasteiger partial charge >= 0.3 is 0 Å². The molecular weight excluding hydrogens is 288 g/mol. The number of aliphatic hydroxyl groups excluding tert-OH is 1. The van der Waals surface area contributed by atoms with Gasteiger partial charge in [-0.05, 0) is 13.0 Å². The second kappa shape index (κ2) is 5.37. The molecule has 19 heavy (non-hydrogen) atoms. The SMILES string of the molecule is Cc1sc(CO)cc1S(=O)(=O)NCc1ncn(C)n1. The highest BCUT2D eigenvalue weighted by molar-refractivity contribution is 7.89. The van der Waals surface area contributed by atoms with E-state index in [2.05, 4.69) is 14.8 Å². The number of nitrogens with one attached hydrogen (secondary N) is 1. The molecule has 0 aliphatic rings. The van der Waals surface area contributed by atoms with E-state index in [1.165, 1.54) is 28.4 Å². The predicted molar refractivity (Wildman–Crippen MR) is 70.0 cm³/mol. The first kappa shape index (κ1) is 14.1. The fraction of sp³-hybridized carbons (Fsp3) is 0.400. The minimum atomic E-state index is -3.61. The van der Waals surface area contributed by atoms with E-state index in [4.69, 9.17) is 5.11 Å². The fourth-order valence-electron chi connectivity index (χ4n) is 1.57. The molecule has 0 aliphatic heterocycles. The number of aliphatic hydroxyl groups is 1. The number of thiophene rings is 1. The Balaban J connectivity index is 2.15. The van der Waals surface area contributed by atoms with Crippen molar-refractivity contribution in [3.8, 4) is 0 Å². The molecule has 7 nitrogen and oxygen atoms in total. The molecule has 2 aromatic heterocycles. The summed E-state index contributed by atoms with van der Waals surface area (Å²) < 4.78 is 28.2. The predicted octanol–water partition coefficient (Wildman–Crippen LogP) is 0.156. The molecule has 0 aliphatic carbocycles. The van der Waals surface area contributed by atoms with Gasteiger partial charge in [0.15, 0.2) is 5.82 Å². The second-order valence-electron chi connectivity index (χ2n) is 3.95. The second-order valence-corrected chi connectivity index (χ2v) is 7.03. The number of nitrogens with zero attached hydrogens (tertiary/aromatic N) is 3. The maximum atomic E-state index is 12.1. The van der Waals surface area contributed by atoms with E-state index in [-0.39, 0.29) is 18.0 Å². The highest BCUT2D eigenvalue weighted by atomic mass is 32.2. The number of sulfonamides is 1. The highest BCUT2D eigenvalue weighted by Crippen LogP contribution is 2.25. The summed E-state index contributed by atoms with van der Waals surface area (Å²) >= 11 is 1.26. The van der Waals surface area contributed by atoms with Crippen molar-refractivity contribution in [2.24, 2.45) is 7.05 Å². The lowest BCUT2D eigenvalue weighted by atomic mass is 10.4. The van der Waals surface area contributed by atoms with Crippen LogP contribution in [0.25, 0.3) is 0 Å². The standard InChI is InChI=1S/C10H14N4O3S2/c1-7-9(3-8(5-15)18-7)19(16,17)12-4-10-11-6-14(2)13-10/h3,6,12,15H,4-5H2,1-2H3. The van der Waals surface area contributed by atoms with Crippen LogP contribution >= 0.6 is 11.3 Å². The van der Waals surface area contributed by atoms with Gasteiger partial charge in [0.05, 0.1) is 18.0 Å². The van der Waals surface area contributed by atoms with Crippen LogP contribution in [0.4, 0.5) is 0 Å². The quantitative estimate of drug-likeness (QED) is 0.820. The van der Waals surface area contributed by atoms with Gasteiger partial charge in [-0.3, -0.25) is 4.68 Å². The molecule has 2 aromatic rings. The van der Waals surface area contributed by atoms with Gasteiger partial charge in [-0.15, -0.1) is 11.3 Å². The third-order valence-electron chi connectivity index (χ3n) is 2.44. The van der Waals surface area contributed by atoms with E-state index in [1.807, 2.05) is 0 Å². The largest absolute Gasteiger partial charge is 0.391 e. The van der Waals surface area contributed by atoms with Gasteiger partial charge in [0.2, 0.25) is 10.0 Å². The molecule has 0 bridgehead atoms. The van der Waals surface area contributed by atoms with E-state index in [1.54, 1.807) is 14.0 Å². The molecule has 9 heteroatoms. The Labute approximate surface area is 115 Å². The first-order valence-electron chi connectivity index (χ1n) is 5.46. The van der Waals surface area contributed by atoms with Crippen molar-refractivity contribution in [1.82, 2.24) is 19.5 Å². The van der Waals surface area contributed by atoms with Gasteiger partial charge in [-0.25, -0.2) is 18.1 Å². The first-order valence-corrected chi connectivity index (χ1v) is 7.76. The Hall–Kier alpha value is -1.29. The van der Waals surface area contributed by atoms with Crippen LogP contribution in [0.3, 0.4) is 0 Å². The van der Waals surface area contributed by atoms with Crippen molar-refractivity contribution in [1.29, 1.82) is 0 Å². The van der Waals surface area contributed by atoms with Crippen LogP contribution in [0.5, 0.6) is 0 Å². The smallest absolute Gasteiger partial charge is 0.242 e. The molecule has 0 aromatic carbocycles. The molecule has 0 spiro atoms. The third kappa shape index (κ3) is 3.18. The van der Waals surface area contributed by atoms with Crippen LogP contribution in [0, 0.1) is 6.92 Å². The molecule has 0 saturated carbocycles. The summed E-state index contributed by atoms with van der Waals surface area (Å²) in [5.41, 5.74) is 0. The molecule has 0 unspecified atom stereocenters. The number of hydrogen-bond acceptors (Lipinski definition) is 6. The monoisotopic (exact) mass is 302 g/mol. The van der Waals surface area contributed by atoms with Crippen molar-refractivity contribution >= 4 is 21.4 Å². The van der Waals surface area contributed by atoms with Crippen LogP contribution in [-0.2, 0) is 30.2 Å². The zero-order valence-corrected chi connectivity index (χ0v) is 12.1. The van der Waals surface area contributed by atoms with Crippen molar-refractivity contribution in [2.45, 2.75) is 25.0 Å². The van der Waals surface area contributed by atoms with E-state index >= 15 is 0 Å². The summed E-state index contributed by atoms with van der Waals surface area (Å²) in [4.78, 5) is 5.40. The highest BCUT2D eigenvalue weighted by Gasteiger charge is 2.20. The fourth-order valence-corrected chi connectivity index (χ4v) is 4.04. The molecule has 0 amide bonds. The van der Waals surface area contributed by atoms with Gasteiger partial charge in [0, 0.05) is 16.8 Å². The summed E-state index contributed by atoms with van der Waals surface area (Å²) in [6.07, 6.45) is 1.50. The van der Waals surface area contributed by atoms with E-state index in [9.17, 15) is 8.42 Å². The van der Waals surface area contributed by atoms with E-state index < -0.39 is 10.0 Å². The van der Waals surface area contributed by atoms with Crippen LogP contribution in [0.15, 0.2) is 17.3 Å². The average molecular weight is 302 g/mol. The van der Waals surface area contributed by atoms with Crippen LogP contribution in [0.2, 0.25) is 0 Å². The van der Waals surface area contributed by atoms with Crippen molar-refractivity contribution in [2.75, 3.05) is 0 Å². The summed E-state index contributed by atoms with van der Waals surface area (Å²) in [6.45, 7) is 1.58. The number of aryl methyl sites for hydroxylation is 2. The number of hydrogen-bond donors (Lipinski definition) is 2. The summed E-state index contributed by atoms with van der Waals surface area (Å²) in [5.74, 6) is 0.404. The molecule has 2 rings (SSSR count). The normalized spacial score (nSPS) is 11.9. The Kier molecular flexibility index (Phi) is 3.99. The Morgan fingerprint density at radius 2 is 2.26 bits per heavy atom. The Morgan fingerprint density at radius 3 is 2.79 bits per heavy atom. The van der Waals surface area contributed by atoms with Crippen molar-refractivity contribution in [3.05, 3.63) is 28.0 Å². The molecular formula is C10H14N4O3S2. The lowest BCUT2D eigenvalue weighted by molar-refractivity contribution is 0.285. The number of rotatable bonds is 5. The molecule has 0 radical (unpaired) electrons. The molecule has 2 N–H and O–H groups in total. The topological polar surface area (TPSA) is 97.1 Å². The lowest BCUT2D eigenvalue weighted by Gasteiger charge is -2.03. The summed E-state index contributed by atoms with van der Waals surface area (Å²) in [7, 11) is -1.90. The summed E-state index contributed by atoms with van der Waals surface area (Å²) in [6, 6.07) is 1.48. The average Bonchev–Trinajstić information content (AvgIpc) is 2.93. The van der Waals surface area contributed by atoms with Gasteiger partial charge in [-0.1, -0.05) is 0 Å². The first-order chi connectivity index (χ1) is 8.92. The van der Waals surface area contributed by atoms with Crippen LogP contribution < -0.4 is 4.72 Å². The van der Waals surface area contributed by atoms with Crippen LogP contribution in [0.1, 0.15) is 15.6 Å². The van der Waals surface area contributed by atoms with Gasteiger partial charge in [0.1, 0.15) is 6.33 Å². The van der Waals surface area contributed by atoms with Crippen molar-refractivity contribution < 1.29 is 13.5 Å². The zero-order valence-electron chi connectivity index (χ0n) is 10.5. The molecule has 0 saturated heterocycles. The third-order valence-corrected chi connectivity index (χ3v) is 5.13. The minimum absolute atomic E-state index is 0.0346. The van der Waals surface area contributed by atoms with Crippen LogP contribution in [-0.4, -0.2) is 28.3 Å².